The largest absolute Gasteiger partial charge is 0.497 e. The Morgan fingerprint density at radius 2 is 1.62 bits per heavy atom. The normalized spacial score (nSPS) is 18.8. The number of carbonyl (C=O) groups excluding carboxylic acids is 1. The quantitative estimate of drug-likeness (QED) is 0.492. The van der Waals surface area contributed by atoms with Crippen molar-refractivity contribution in [2.24, 2.45) is 0 Å². The minimum atomic E-state index is -3.69. The minimum Gasteiger partial charge on any atom is -0.497 e. The number of hydrogen-bond acceptors (Lipinski definition) is 7. The molecule has 2 aromatic carbocycles. The summed E-state index contributed by atoms with van der Waals surface area (Å²) in [6.45, 7) is 6.85. The molecule has 2 heterocycles. The van der Waals surface area contributed by atoms with Crippen LogP contribution in [-0.4, -0.2) is 89.7 Å². The molecule has 2 aromatic rings. The Morgan fingerprint density at radius 3 is 2.27 bits per heavy atom. The first-order chi connectivity index (χ1) is 17.7. The van der Waals surface area contributed by atoms with Crippen molar-refractivity contribution in [2.75, 3.05) is 65.1 Å². The predicted octanol–water partition coefficient (Wildman–Crippen LogP) is 2.84. The third-order valence-corrected chi connectivity index (χ3v) is 9.40. The number of benzene rings is 2. The van der Waals surface area contributed by atoms with E-state index in [-0.39, 0.29) is 25.2 Å². The first kappa shape index (κ1) is 27.2. The van der Waals surface area contributed by atoms with Crippen LogP contribution in [0.15, 0.2) is 41.3 Å². The van der Waals surface area contributed by atoms with Crippen LogP contribution in [0.25, 0.3) is 0 Å². The van der Waals surface area contributed by atoms with Gasteiger partial charge in [-0.25, -0.2) is 8.42 Å². The lowest BCUT2D eigenvalue weighted by atomic mass is 10.1. The molecule has 2 saturated heterocycles. The maximum absolute atomic E-state index is 13.6. The van der Waals surface area contributed by atoms with E-state index in [2.05, 4.69) is 4.90 Å². The molecule has 0 bridgehead atoms. The van der Waals surface area contributed by atoms with Gasteiger partial charge in [0.1, 0.15) is 18.1 Å². The molecule has 0 saturated carbocycles. The van der Waals surface area contributed by atoms with Crippen LogP contribution in [0, 0.1) is 13.8 Å². The molecule has 1 atom stereocenters. The number of sulfonamides is 1. The number of methoxy groups -OCH3 is 2. The third kappa shape index (κ3) is 6.02. The summed E-state index contributed by atoms with van der Waals surface area (Å²) in [6, 6.07) is 11.1. The summed E-state index contributed by atoms with van der Waals surface area (Å²) in [5.41, 5.74) is 2.39. The molecule has 1 amide bonds. The molecule has 2 fully saturated rings. The highest BCUT2D eigenvalue weighted by molar-refractivity contribution is 7.89. The van der Waals surface area contributed by atoms with Gasteiger partial charge in [-0.3, -0.25) is 4.79 Å². The Kier molecular flexibility index (Phi) is 8.61. The van der Waals surface area contributed by atoms with Crippen molar-refractivity contribution in [3.05, 3.63) is 47.5 Å². The number of ether oxygens (including phenoxy) is 3. The second kappa shape index (κ2) is 11.7. The van der Waals surface area contributed by atoms with Gasteiger partial charge in [0, 0.05) is 50.5 Å². The minimum absolute atomic E-state index is 0.0514. The molecule has 2 aliphatic heterocycles. The summed E-state index contributed by atoms with van der Waals surface area (Å²) < 4.78 is 45.0. The molecular formula is C27H37N3O6S. The molecule has 2 aliphatic rings. The van der Waals surface area contributed by atoms with Crippen LogP contribution in [0.4, 0.5) is 5.69 Å². The van der Waals surface area contributed by atoms with Crippen molar-refractivity contribution in [3.8, 4) is 11.5 Å². The number of hydrogen-bond donors (Lipinski definition) is 0. The number of amides is 1. The van der Waals surface area contributed by atoms with E-state index >= 15 is 0 Å². The fourth-order valence-corrected chi connectivity index (χ4v) is 7.33. The van der Waals surface area contributed by atoms with Gasteiger partial charge >= 0.3 is 0 Å². The molecule has 0 aromatic heterocycles. The third-order valence-electron chi connectivity index (χ3n) is 7.15. The standard InChI is InChI=1S/C27H37N3O6S/c1-20-15-25(35-4)16-21(2)27(20)37(32,33)30-10-6-8-23(30)18-36-19-26(31)29-13-11-28(12-14-29)22-7-5-9-24(17-22)34-3/h5,7,9,15-17,23H,6,8,10-14,18-19H2,1-4H3. The number of aryl methyl sites for hydroxylation is 2. The number of nitrogens with zero attached hydrogens (tertiary/aromatic N) is 3. The van der Waals surface area contributed by atoms with Crippen molar-refractivity contribution >= 4 is 21.6 Å². The van der Waals surface area contributed by atoms with E-state index in [1.165, 1.54) is 4.31 Å². The lowest BCUT2D eigenvalue weighted by Gasteiger charge is -2.36. The lowest BCUT2D eigenvalue weighted by Crippen LogP contribution is -2.50. The van der Waals surface area contributed by atoms with E-state index in [1.54, 1.807) is 40.2 Å². The lowest BCUT2D eigenvalue weighted by molar-refractivity contribution is -0.136. The maximum Gasteiger partial charge on any atom is 0.248 e. The summed E-state index contributed by atoms with van der Waals surface area (Å²) in [6.07, 6.45) is 1.47. The van der Waals surface area contributed by atoms with Gasteiger partial charge in [0.25, 0.3) is 0 Å². The van der Waals surface area contributed by atoms with Gasteiger partial charge < -0.3 is 24.0 Å². The molecule has 1 unspecified atom stereocenters. The van der Waals surface area contributed by atoms with Crippen molar-refractivity contribution in [2.45, 2.75) is 37.6 Å². The Labute approximate surface area is 219 Å². The first-order valence-electron chi connectivity index (χ1n) is 12.7. The van der Waals surface area contributed by atoms with Crippen LogP contribution in [0.3, 0.4) is 0 Å². The van der Waals surface area contributed by atoms with Crippen LogP contribution < -0.4 is 14.4 Å². The fourth-order valence-electron chi connectivity index (χ4n) is 5.24. The highest BCUT2D eigenvalue weighted by Gasteiger charge is 2.37. The van der Waals surface area contributed by atoms with Crippen LogP contribution in [-0.2, 0) is 19.6 Å². The van der Waals surface area contributed by atoms with Gasteiger partial charge in [0.2, 0.25) is 15.9 Å². The Morgan fingerprint density at radius 1 is 0.946 bits per heavy atom. The van der Waals surface area contributed by atoms with Crippen molar-refractivity contribution in [1.82, 2.24) is 9.21 Å². The van der Waals surface area contributed by atoms with Gasteiger partial charge in [-0.05, 0) is 62.1 Å². The van der Waals surface area contributed by atoms with Gasteiger partial charge in [-0.2, -0.15) is 4.31 Å². The molecule has 0 radical (unpaired) electrons. The van der Waals surface area contributed by atoms with Crippen LogP contribution >= 0.6 is 0 Å². The molecule has 0 aliphatic carbocycles. The van der Waals surface area contributed by atoms with Crippen LogP contribution in [0.5, 0.6) is 11.5 Å². The highest BCUT2D eigenvalue weighted by Crippen LogP contribution is 2.32. The number of carbonyl (C=O) groups is 1. The Balaban J connectivity index is 1.30. The second-order valence-corrected chi connectivity index (χ2v) is 11.4. The fraction of sp³-hybridized carbons (Fsp3) is 0.519. The molecular weight excluding hydrogens is 494 g/mol. The number of rotatable bonds is 9. The summed E-state index contributed by atoms with van der Waals surface area (Å²) in [5, 5.41) is 0. The van der Waals surface area contributed by atoms with Crippen molar-refractivity contribution in [3.63, 3.8) is 0 Å². The molecule has 9 nitrogen and oxygen atoms in total. The SMILES string of the molecule is COc1cccc(N2CCN(C(=O)COCC3CCCN3S(=O)(=O)c3c(C)cc(OC)cc3C)CC2)c1. The van der Waals surface area contributed by atoms with Gasteiger partial charge in [-0.15, -0.1) is 0 Å². The monoisotopic (exact) mass is 531 g/mol. The van der Waals surface area contributed by atoms with Crippen LogP contribution in [0.1, 0.15) is 24.0 Å². The second-order valence-electron chi connectivity index (χ2n) is 9.59. The average Bonchev–Trinajstić information content (AvgIpc) is 3.37. The molecule has 0 N–H and O–H groups in total. The zero-order chi connectivity index (χ0) is 26.6. The zero-order valence-corrected chi connectivity index (χ0v) is 22.9. The summed E-state index contributed by atoms with van der Waals surface area (Å²) in [4.78, 5) is 17.2. The number of piperazine rings is 1. The average molecular weight is 532 g/mol. The van der Waals surface area contributed by atoms with E-state index in [0.717, 1.165) is 30.9 Å². The highest BCUT2D eigenvalue weighted by atomic mass is 32.2. The first-order valence-corrected chi connectivity index (χ1v) is 14.1. The number of anilines is 1. The zero-order valence-electron chi connectivity index (χ0n) is 22.1. The van der Waals surface area contributed by atoms with Crippen molar-refractivity contribution in [1.29, 1.82) is 0 Å². The topological polar surface area (TPSA) is 88.6 Å². The molecule has 0 spiro atoms. The smallest absolute Gasteiger partial charge is 0.248 e. The van der Waals surface area contributed by atoms with Gasteiger partial charge in [-0.1, -0.05) is 6.07 Å². The molecule has 202 valence electrons. The Hall–Kier alpha value is -2.82. The van der Waals surface area contributed by atoms with Crippen molar-refractivity contribution < 1.29 is 27.4 Å². The Bertz CT molecular complexity index is 1190. The summed E-state index contributed by atoms with van der Waals surface area (Å²) in [5.74, 6) is 1.38. The van der Waals surface area contributed by atoms with E-state index in [0.29, 0.717) is 47.8 Å². The van der Waals surface area contributed by atoms with E-state index in [1.807, 2.05) is 29.2 Å². The molecule has 4 rings (SSSR count). The summed E-state index contributed by atoms with van der Waals surface area (Å²) in [7, 11) is -0.477. The predicted molar refractivity (Wildman–Crippen MR) is 142 cm³/mol. The van der Waals surface area contributed by atoms with E-state index < -0.39 is 10.0 Å². The maximum atomic E-state index is 13.6. The van der Waals surface area contributed by atoms with E-state index in [9.17, 15) is 13.2 Å². The van der Waals surface area contributed by atoms with Crippen LogP contribution in [0.2, 0.25) is 0 Å². The molecule has 10 heteroatoms. The van der Waals surface area contributed by atoms with Gasteiger partial charge in [0.15, 0.2) is 0 Å². The van der Waals surface area contributed by atoms with E-state index in [4.69, 9.17) is 14.2 Å². The van der Waals surface area contributed by atoms with Gasteiger partial charge in [0.05, 0.1) is 25.7 Å². The molecule has 37 heavy (non-hydrogen) atoms. The summed E-state index contributed by atoms with van der Waals surface area (Å²) >= 11 is 0.